The highest BCUT2D eigenvalue weighted by molar-refractivity contribution is 6.31. The summed E-state index contributed by atoms with van der Waals surface area (Å²) in [5.74, 6) is 1.05. The zero-order valence-corrected chi connectivity index (χ0v) is 10.6. The minimum Gasteiger partial charge on any atom is -0.487 e. The molecule has 85 valence electrons. The number of ether oxygens (including phenoxy) is 1. The zero-order valence-electron chi connectivity index (χ0n) is 9.82. The van der Waals surface area contributed by atoms with Crippen LogP contribution in [0.2, 0.25) is 5.02 Å². The molecule has 2 aliphatic rings. The highest BCUT2D eigenvalue weighted by Crippen LogP contribution is 2.47. The number of halogens is 1. The first-order valence-corrected chi connectivity index (χ1v) is 6.39. The molecule has 0 amide bonds. The molecule has 0 aromatic heterocycles. The van der Waals surface area contributed by atoms with E-state index in [9.17, 15) is 0 Å². The molecule has 0 atom stereocenters. The maximum absolute atomic E-state index is 6.24. The van der Waals surface area contributed by atoms with Crippen molar-refractivity contribution < 1.29 is 4.74 Å². The lowest BCUT2D eigenvalue weighted by atomic mass is 9.74. The number of aryl methyl sites for hydroxylation is 1. The van der Waals surface area contributed by atoms with Crippen LogP contribution in [0.5, 0.6) is 5.75 Å². The van der Waals surface area contributed by atoms with Crippen molar-refractivity contribution in [3.8, 4) is 5.75 Å². The van der Waals surface area contributed by atoms with Gasteiger partial charge >= 0.3 is 0 Å². The van der Waals surface area contributed by atoms with Gasteiger partial charge in [0.25, 0.3) is 0 Å². The summed E-state index contributed by atoms with van der Waals surface area (Å²) in [5, 5.41) is 0.715. The molecular weight excluding hydrogens is 220 g/mol. The Kier molecular flexibility index (Phi) is 2.22. The third kappa shape index (κ3) is 1.37. The van der Waals surface area contributed by atoms with Crippen molar-refractivity contribution in [3.63, 3.8) is 0 Å². The van der Waals surface area contributed by atoms with E-state index in [2.05, 4.69) is 13.0 Å². The predicted molar refractivity (Wildman–Crippen MR) is 65.3 cm³/mol. The predicted octanol–water partition coefficient (Wildman–Crippen LogP) is 4.00. The van der Waals surface area contributed by atoms with E-state index in [-0.39, 0.29) is 5.60 Å². The van der Waals surface area contributed by atoms with Crippen LogP contribution in [-0.2, 0) is 6.42 Å². The molecule has 1 radical (unpaired) electrons. The van der Waals surface area contributed by atoms with Crippen molar-refractivity contribution >= 4 is 11.6 Å². The van der Waals surface area contributed by atoms with E-state index in [1.165, 1.54) is 24.8 Å². The molecule has 1 fully saturated rings. The highest BCUT2D eigenvalue weighted by Gasteiger charge is 2.42. The molecule has 1 saturated carbocycles. The van der Waals surface area contributed by atoms with E-state index in [4.69, 9.17) is 16.3 Å². The lowest BCUT2D eigenvalue weighted by Crippen LogP contribution is -2.46. The first kappa shape index (κ1) is 10.5. The van der Waals surface area contributed by atoms with Gasteiger partial charge in [0.15, 0.2) is 0 Å². The summed E-state index contributed by atoms with van der Waals surface area (Å²) in [6.45, 7) is 4.11. The molecule has 0 bridgehead atoms. The second-order valence-corrected chi connectivity index (χ2v) is 5.51. The molecule has 0 saturated heterocycles. The third-order valence-corrected chi connectivity index (χ3v) is 4.49. The van der Waals surface area contributed by atoms with Crippen molar-refractivity contribution in [2.45, 2.75) is 51.6 Å². The van der Waals surface area contributed by atoms with Crippen molar-refractivity contribution in [2.24, 2.45) is 0 Å². The van der Waals surface area contributed by atoms with Crippen molar-refractivity contribution in [1.29, 1.82) is 0 Å². The zero-order chi connectivity index (χ0) is 11.3. The number of benzene rings is 1. The van der Waals surface area contributed by atoms with Gasteiger partial charge in [0.2, 0.25) is 0 Å². The van der Waals surface area contributed by atoms with E-state index < -0.39 is 0 Å². The van der Waals surface area contributed by atoms with Crippen molar-refractivity contribution in [2.75, 3.05) is 0 Å². The highest BCUT2D eigenvalue weighted by atomic mass is 35.5. The Morgan fingerprint density at radius 3 is 2.62 bits per heavy atom. The van der Waals surface area contributed by atoms with Gasteiger partial charge in [-0.3, -0.25) is 0 Å². The molecule has 0 unspecified atom stereocenters. The van der Waals surface area contributed by atoms with Crippen LogP contribution >= 0.6 is 11.6 Å². The Morgan fingerprint density at radius 1 is 1.25 bits per heavy atom. The molecule has 1 aliphatic heterocycles. The maximum atomic E-state index is 6.24. The second kappa shape index (κ2) is 3.40. The Bertz CT molecular complexity index is 447. The Hall–Kier alpha value is -0.690. The van der Waals surface area contributed by atoms with E-state index in [0.29, 0.717) is 5.02 Å². The molecule has 1 aromatic carbocycles. The van der Waals surface area contributed by atoms with Crippen LogP contribution in [0.4, 0.5) is 0 Å². The van der Waals surface area contributed by atoms with Crippen LogP contribution in [-0.4, -0.2) is 5.60 Å². The average molecular weight is 236 g/mol. The summed E-state index contributed by atoms with van der Waals surface area (Å²) in [7, 11) is 0. The number of hydrogen-bond donors (Lipinski definition) is 0. The van der Waals surface area contributed by atoms with E-state index in [1.54, 1.807) is 0 Å². The first-order chi connectivity index (χ1) is 7.61. The molecule has 1 aromatic rings. The molecule has 16 heavy (non-hydrogen) atoms. The summed E-state index contributed by atoms with van der Waals surface area (Å²) in [6, 6.07) is 3.22. The summed E-state index contributed by atoms with van der Waals surface area (Å²) >= 11 is 6.17. The minimum atomic E-state index is 0.148. The second-order valence-electron chi connectivity index (χ2n) is 5.14. The van der Waals surface area contributed by atoms with E-state index >= 15 is 0 Å². The average Bonchev–Trinajstić information content (AvgIpc) is 2.23. The molecule has 2 heteroatoms. The Labute approximate surface area is 102 Å². The van der Waals surface area contributed by atoms with Gasteiger partial charge < -0.3 is 4.74 Å². The standard InChI is InChI=1S/C14H16ClO/c1-9-8-12(15)10(2)13-11(9)4-7-14(16-13)5-3-6-14/h3-7H2,1-2H3. The maximum Gasteiger partial charge on any atom is 0.128 e. The fourth-order valence-corrected chi connectivity index (χ4v) is 3.04. The van der Waals surface area contributed by atoms with Crippen LogP contribution in [0.1, 0.15) is 42.4 Å². The van der Waals surface area contributed by atoms with Crippen molar-refractivity contribution in [1.82, 2.24) is 0 Å². The van der Waals surface area contributed by atoms with Gasteiger partial charge in [-0.05, 0) is 57.1 Å². The monoisotopic (exact) mass is 235 g/mol. The normalized spacial score (nSPS) is 21.2. The van der Waals surface area contributed by atoms with Crippen LogP contribution in [0, 0.1) is 19.9 Å². The molecule has 3 rings (SSSR count). The lowest BCUT2D eigenvalue weighted by molar-refractivity contribution is -0.0256. The van der Waals surface area contributed by atoms with Crippen LogP contribution in [0.25, 0.3) is 0 Å². The molecule has 1 nitrogen and oxygen atoms in total. The smallest absolute Gasteiger partial charge is 0.128 e. The van der Waals surface area contributed by atoms with Gasteiger partial charge in [-0.15, -0.1) is 0 Å². The van der Waals surface area contributed by atoms with Gasteiger partial charge in [-0.1, -0.05) is 11.6 Å². The molecule has 1 spiro atoms. The Balaban J connectivity index is 2.08. The minimum absolute atomic E-state index is 0.148. The fourth-order valence-electron chi connectivity index (χ4n) is 2.81. The molecule has 1 heterocycles. The SMILES string of the molecule is Cc1[c]c(Cl)c(C)c2c1CCC1(CCC1)O2. The number of hydrogen-bond acceptors (Lipinski definition) is 1. The van der Waals surface area contributed by atoms with Gasteiger partial charge in [-0.25, -0.2) is 0 Å². The number of rotatable bonds is 0. The summed E-state index contributed by atoms with van der Waals surface area (Å²) in [5.41, 5.74) is 3.68. The fraction of sp³-hybridized carbons (Fsp3) is 0.571. The lowest BCUT2D eigenvalue weighted by Gasteiger charge is -2.46. The van der Waals surface area contributed by atoms with E-state index in [0.717, 1.165) is 29.7 Å². The van der Waals surface area contributed by atoms with Crippen molar-refractivity contribution in [3.05, 3.63) is 27.8 Å². The summed E-state index contributed by atoms with van der Waals surface area (Å²) < 4.78 is 6.24. The van der Waals surface area contributed by atoms with Gasteiger partial charge in [0, 0.05) is 11.6 Å². The van der Waals surface area contributed by atoms with Crippen LogP contribution in [0.3, 0.4) is 0 Å². The van der Waals surface area contributed by atoms with Crippen LogP contribution in [0.15, 0.2) is 0 Å². The van der Waals surface area contributed by atoms with Gasteiger partial charge in [0.05, 0.1) is 5.02 Å². The van der Waals surface area contributed by atoms with E-state index in [1.807, 2.05) is 6.92 Å². The third-order valence-electron chi connectivity index (χ3n) is 4.11. The first-order valence-electron chi connectivity index (χ1n) is 6.01. The number of fused-ring (bicyclic) bond motifs is 1. The molecule has 1 aliphatic carbocycles. The largest absolute Gasteiger partial charge is 0.487 e. The van der Waals surface area contributed by atoms with Gasteiger partial charge in [-0.2, -0.15) is 0 Å². The summed E-state index contributed by atoms with van der Waals surface area (Å²) in [6.07, 6.45) is 6.01. The van der Waals surface area contributed by atoms with Gasteiger partial charge in [0.1, 0.15) is 11.4 Å². The molecule has 0 N–H and O–H groups in total. The quantitative estimate of drug-likeness (QED) is 0.660. The van der Waals surface area contributed by atoms with Crippen LogP contribution < -0.4 is 4.74 Å². The Morgan fingerprint density at radius 2 is 2.00 bits per heavy atom. The summed E-state index contributed by atoms with van der Waals surface area (Å²) in [4.78, 5) is 0. The topological polar surface area (TPSA) is 9.23 Å². The molecular formula is C14H16ClO.